The SMILES string of the molecule is CCCCNCc1ccc(OC)cc1N. The number of ether oxygens (including phenoxy) is 1. The van der Waals surface area contributed by atoms with Gasteiger partial charge in [-0.05, 0) is 24.6 Å². The van der Waals surface area contributed by atoms with E-state index in [0.29, 0.717) is 0 Å². The smallest absolute Gasteiger partial charge is 0.120 e. The number of hydrogen-bond donors (Lipinski definition) is 2. The van der Waals surface area contributed by atoms with E-state index in [1.807, 2.05) is 18.2 Å². The van der Waals surface area contributed by atoms with Gasteiger partial charge in [-0.25, -0.2) is 0 Å². The van der Waals surface area contributed by atoms with Crippen LogP contribution in [0.4, 0.5) is 5.69 Å². The largest absolute Gasteiger partial charge is 0.497 e. The lowest BCUT2D eigenvalue weighted by molar-refractivity contribution is 0.415. The van der Waals surface area contributed by atoms with Crippen LogP contribution < -0.4 is 15.8 Å². The molecule has 0 aliphatic rings. The first-order valence-electron chi connectivity index (χ1n) is 5.41. The lowest BCUT2D eigenvalue weighted by Crippen LogP contribution is -2.15. The highest BCUT2D eigenvalue weighted by Crippen LogP contribution is 2.19. The third kappa shape index (κ3) is 3.80. The van der Waals surface area contributed by atoms with Crippen molar-refractivity contribution in [1.82, 2.24) is 5.32 Å². The van der Waals surface area contributed by atoms with E-state index in [1.54, 1.807) is 7.11 Å². The van der Waals surface area contributed by atoms with Crippen LogP contribution in [0.1, 0.15) is 25.3 Å². The van der Waals surface area contributed by atoms with Crippen molar-refractivity contribution in [2.75, 3.05) is 19.4 Å². The maximum atomic E-state index is 5.89. The highest BCUT2D eigenvalue weighted by atomic mass is 16.5. The fourth-order valence-corrected chi connectivity index (χ4v) is 1.39. The highest BCUT2D eigenvalue weighted by Gasteiger charge is 2.00. The monoisotopic (exact) mass is 208 g/mol. The van der Waals surface area contributed by atoms with Crippen LogP contribution in [0.3, 0.4) is 0 Å². The second kappa shape index (κ2) is 6.30. The summed E-state index contributed by atoms with van der Waals surface area (Å²) in [4.78, 5) is 0. The van der Waals surface area contributed by atoms with E-state index in [-0.39, 0.29) is 0 Å². The summed E-state index contributed by atoms with van der Waals surface area (Å²) in [6.07, 6.45) is 2.42. The normalized spacial score (nSPS) is 10.3. The number of rotatable bonds is 6. The van der Waals surface area contributed by atoms with Gasteiger partial charge in [0.05, 0.1) is 7.11 Å². The zero-order valence-electron chi connectivity index (χ0n) is 9.55. The van der Waals surface area contributed by atoms with Crippen molar-refractivity contribution in [3.8, 4) is 5.75 Å². The molecule has 84 valence electrons. The van der Waals surface area contributed by atoms with Crippen molar-refractivity contribution in [3.05, 3.63) is 23.8 Å². The van der Waals surface area contributed by atoms with Gasteiger partial charge in [-0.3, -0.25) is 0 Å². The number of nitrogens with one attached hydrogen (secondary N) is 1. The summed E-state index contributed by atoms with van der Waals surface area (Å²) in [5, 5.41) is 3.36. The molecular weight excluding hydrogens is 188 g/mol. The first-order valence-corrected chi connectivity index (χ1v) is 5.41. The van der Waals surface area contributed by atoms with Gasteiger partial charge in [0.15, 0.2) is 0 Å². The third-order valence-corrected chi connectivity index (χ3v) is 2.38. The summed E-state index contributed by atoms with van der Waals surface area (Å²) < 4.78 is 5.09. The Kier molecular flexibility index (Phi) is 4.98. The summed E-state index contributed by atoms with van der Waals surface area (Å²) in [5.41, 5.74) is 7.81. The lowest BCUT2D eigenvalue weighted by Gasteiger charge is -2.08. The molecule has 0 aliphatic carbocycles. The van der Waals surface area contributed by atoms with Crippen LogP contribution in [0.25, 0.3) is 0 Å². The van der Waals surface area contributed by atoms with Crippen molar-refractivity contribution >= 4 is 5.69 Å². The van der Waals surface area contributed by atoms with Crippen LogP contribution in [0.15, 0.2) is 18.2 Å². The van der Waals surface area contributed by atoms with Gasteiger partial charge in [0.1, 0.15) is 5.75 Å². The molecule has 0 saturated carbocycles. The minimum absolute atomic E-state index is 0.790. The Morgan fingerprint density at radius 2 is 2.20 bits per heavy atom. The number of methoxy groups -OCH3 is 1. The Labute approximate surface area is 91.6 Å². The van der Waals surface area contributed by atoms with Crippen molar-refractivity contribution < 1.29 is 4.74 Å². The van der Waals surface area contributed by atoms with Crippen molar-refractivity contribution in [2.45, 2.75) is 26.3 Å². The summed E-state index contributed by atoms with van der Waals surface area (Å²) in [6, 6.07) is 5.80. The van der Waals surface area contributed by atoms with E-state index < -0.39 is 0 Å². The number of hydrogen-bond acceptors (Lipinski definition) is 3. The zero-order chi connectivity index (χ0) is 11.1. The third-order valence-electron chi connectivity index (χ3n) is 2.38. The first kappa shape index (κ1) is 11.9. The standard InChI is InChI=1S/C12H20N2O/c1-3-4-7-14-9-10-5-6-11(15-2)8-12(10)13/h5-6,8,14H,3-4,7,9,13H2,1-2H3. The van der Waals surface area contributed by atoms with Crippen LogP contribution in [0, 0.1) is 0 Å². The van der Waals surface area contributed by atoms with Gasteiger partial charge in [-0.15, -0.1) is 0 Å². The summed E-state index contributed by atoms with van der Waals surface area (Å²) in [6.45, 7) is 4.06. The maximum absolute atomic E-state index is 5.89. The molecular formula is C12H20N2O. The van der Waals surface area contributed by atoms with Crippen molar-refractivity contribution in [2.24, 2.45) is 0 Å². The lowest BCUT2D eigenvalue weighted by atomic mass is 10.1. The Morgan fingerprint density at radius 1 is 1.40 bits per heavy atom. The Balaban J connectivity index is 2.47. The predicted octanol–water partition coefficient (Wildman–Crippen LogP) is 2.17. The second-order valence-corrected chi connectivity index (χ2v) is 3.60. The number of benzene rings is 1. The molecule has 1 aromatic carbocycles. The number of nitrogen functional groups attached to an aromatic ring is 1. The van der Waals surface area contributed by atoms with Crippen LogP contribution in [0.2, 0.25) is 0 Å². The van der Waals surface area contributed by atoms with Gasteiger partial charge in [0.2, 0.25) is 0 Å². The minimum atomic E-state index is 0.790. The van der Waals surface area contributed by atoms with Crippen LogP contribution in [-0.2, 0) is 6.54 Å². The fraction of sp³-hybridized carbons (Fsp3) is 0.500. The van der Waals surface area contributed by atoms with E-state index in [4.69, 9.17) is 10.5 Å². The summed E-state index contributed by atoms with van der Waals surface area (Å²) in [7, 11) is 1.65. The van der Waals surface area contributed by atoms with E-state index in [0.717, 1.165) is 30.1 Å². The molecule has 0 bridgehead atoms. The van der Waals surface area contributed by atoms with Crippen molar-refractivity contribution in [3.63, 3.8) is 0 Å². The first-order chi connectivity index (χ1) is 7.27. The second-order valence-electron chi connectivity index (χ2n) is 3.60. The molecule has 1 aromatic rings. The van der Waals surface area contributed by atoms with E-state index in [2.05, 4.69) is 12.2 Å². The molecule has 0 amide bonds. The van der Waals surface area contributed by atoms with Gasteiger partial charge in [-0.1, -0.05) is 19.4 Å². The van der Waals surface area contributed by atoms with Gasteiger partial charge in [0, 0.05) is 18.3 Å². The van der Waals surface area contributed by atoms with Crippen LogP contribution >= 0.6 is 0 Å². The summed E-state index contributed by atoms with van der Waals surface area (Å²) in [5.74, 6) is 0.810. The molecule has 15 heavy (non-hydrogen) atoms. The maximum Gasteiger partial charge on any atom is 0.120 e. The molecule has 0 saturated heterocycles. The molecule has 0 unspecified atom stereocenters. The summed E-state index contributed by atoms with van der Waals surface area (Å²) >= 11 is 0. The molecule has 1 rings (SSSR count). The number of anilines is 1. The Morgan fingerprint density at radius 3 is 2.80 bits per heavy atom. The molecule has 3 heteroatoms. The Hall–Kier alpha value is -1.22. The molecule has 3 N–H and O–H groups in total. The number of nitrogens with two attached hydrogens (primary N) is 1. The highest BCUT2D eigenvalue weighted by molar-refractivity contribution is 5.51. The molecule has 0 atom stereocenters. The quantitative estimate of drug-likeness (QED) is 0.556. The fourth-order valence-electron chi connectivity index (χ4n) is 1.39. The van der Waals surface area contributed by atoms with Crippen molar-refractivity contribution in [1.29, 1.82) is 0 Å². The molecule has 0 radical (unpaired) electrons. The molecule has 3 nitrogen and oxygen atoms in total. The van der Waals surface area contributed by atoms with E-state index in [9.17, 15) is 0 Å². The zero-order valence-corrected chi connectivity index (χ0v) is 9.55. The minimum Gasteiger partial charge on any atom is -0.497 e. The average Bonchev–Trinajstić information content (AvgIpc) is 2.26. The Bertz CT molecular complexity index is 300. The van der Waals surface area contributed by atoms with Gasteiger partial charge < -0.3 is 15.8 Å². The van der Waals surface area contributed by atoms with Gasteiger partial charge in [0.25, 0.3) is 0 Å². The number of unbranched alkanes of at least 4 members (excludes halogenated alkanes) is 1. The van der Waals surface area contributed by atoms with Gasteiger partial charge >= 0.3 is 0 Å². The molecule has 0 heterocycles. The molecule has 0 spiro atoms. The molecule has 0 aliphatic heterocycles. The van der Waals surface area contributed by atoms with E-state index in [1.165, 1.54) is 12.8 Å². The van der Waals surface area contributed by atoms with Crippen LogP contribution in [0.5, 0.6) is 5.75 Å². The average molecular weight is 208 g/mol. The topological polar surface area (TPSA) is 47.3 Å². The predicted molar refractivity (Wildman–Crippen MR) is 64.0 cm³/mol. The van der Waals surface area contributed by atoms with E-state index >= 15 is 0 Å². The van der Waals surface area contributed by atoms with Crippen LogP contribution in [-0.4, -0.2) is 13.7 Å². The van der Waals surface area contributed by atoms with Gasteiger partial charge in [-0.2, -0.15) is 0 Å². The molecule has 0 aromatic heterocycles. The molecule has 0 fully saturated rings.